The van der Waals surface area contributed by atoms with Crippen LogP contribution in [0, 0.1) is 0 Å². The summed E-state index contributed by atoms with van der Waals surface area (Å²) in [6.45, 7) is 4.40. The second-order valence-corrected chi connectivity index (χ2v) is 8.89. The van der Waals surface area contributed by atoms with Crippen molar-refractivity contribution in [3.63, 3.8) is 0 Å². The lowest BCUT2D eigenvalue weighted by atomic mass is 9.84. The predicted octanol–water partition coefficient (Wildman–Crippen LogP) is 7.81. The van der Waals surface area contributed by atoms with Gasteiger partial charge in [-0.1, -0.05) is 74.5 Å². The first-order valence-corrected chi connectivity index (χ1v) is 12.3. The molecule has 0 aliphatic heterocycles. The summed E-state index contributed by atoms with van der Waals surface area (Å²) in [5, 5.41) is 0. The van der Waals surface area contributed by atoms with Crippen LogP contribution >= 0.6 is 0 Å². The maximum absolute atomic E-state index is 12.3. The monoisotopic (exact) mass is 478 g/mol. The first kappa shape index (κ1) is 24.9. The highest BCUT2D eigenvalue weighted by Crippen LogP contribution is 2.33. The summed E-state index contributed by atoms with van der Waals surface area (Å²) in [5.41, 5.74) is 3.47. The predicted molar refractivity (Wildman–Crippen MR) is 142 cm³/mol. The van der Waals surface area contributed by atoms with Crippen molar-refractivity contribution in [3.05, 3.63) is 131 Å². The van der Waals surface area contributed by atoms with Gasteiger partial charge in [0.2, 0.25) is 0 Å². The first-order valence-electron chi connectivity index (χ1n) is 12.3. The molecular formula is C32H30O4. The molecule has 0 saturated heterocycles. The summed E-state index contributed by atoms with van der Waals surface area (Å²) in [4.78, 5) is 24.6. The molecule has 0 aromatic heterocycles. The van der Waals surface area contributed by atoms with Crippen LogP contribution in [0.5, 0.6) is 11.5 Å². The van der Waals surface area contributed by atoms with Crippen LogP contribution in [0.1, 0.15) is 70.4 Å². The molecule has 0 fully saturated rings. The molecule has 36 heavy (non-hydrogen) atoms. The standard InChI is InChI=1S/C32H30O4/c1-3-24(26-16-20-30(21-17-26)36-32(34)28-12-8-5-9-13-28)22-23(2)25-14-18-29(19-15-25)35-31(33)27-10-6-4-7-11-27/h4-21,23-24H,3,22H2,1-2H3. The lowest BCUT2D eigenvalue weighted by molar-refractivity contribution is 0.0725. The van der Waals surface area contributed by atoms with Gasteiger partial charge >= 0.3 is 11.9 Å². The van der Waals surface area contributed by atoms with E-state index in [1.165, 1.54) is 11.1 Å². The fourth-order valence-corrected chi connectivity index (χ4v) is 4.25. The van der Waals surface area contributed by atoms with Crippen LogP contribution in [0.4, 0.5) is 0 Å². The van der Waals surface area contributed by atoms with E-state index in [0.717, 1.165) is 12.8 Å². The Morgan fingerprint density at radius 1 is 0.611 bits per heavy atom. The molecule has 0 radical (unpaired) electrons. The van der Waals surface area contributed by atoms with E-state index in [9.17, 15) is 9.59 Å². The second-order valence-electron chi connectivity index (χ2n) is 8.89. The number of hydrogen-bond acceptors (Lipinski definition) is 4. The van der Waals surface area contributed by atoms with E-state index in [-0.39, 0.29) is 11.9 Å². The van der Waals surface area contributed by atoms with E-state index in [0.29, 0.717) is 34.5 Å². The van der Waals surface area contributed by atoms with E-state index < -0.39 is 0 Å². The van der Waals surface area contributed by atoms with Crippen LogP contribution in [-0.4, -0.2) is 11.9 Å². The van der Waals surface area contributed by atoms with Crippen molar-refractivity contribution < 1.29 is 19.1 Å². The van der Waals surface area contributed by atoms with Gasteiger partial charge in [0, 0.05) is 0 Å². The van der Waals surface area contributed by atoms with Gasteiger partial charge in [0.15, 0.2) is 0 Å². The molecule has 0 saturated carbocycles. The van der Waals surface area contributed by atoms with E-state index in [4.69, 9.17) is 9.47 Å². The topological polar surface area (TPSA) is 52.6 Å². The summed E-state index contributed by atoms with van der Waals surface area (Å²) in [6.07, 6.45) is 1.98. The highest BCUT2D eigenvalue weighted by atomic mass is 16.5. The Morgan fingerprint density at radius 3 is 1.44 bits per heavy atom. The van der Waals surface area contributed by atoms with Crippen molar-refractivity contribution in [2.45, 2.75) is 38.5 Å². The normalized spacial score (nSPS) is 12.4. The largest absolute Gasteiger partial charge is 0.423 e. The van der Waals surface area contributed by atoms with E-state index in [1.54, 1.807) is 24.3 Å². The molecule has 4 heteroatoms. The van der Waals surface area contributed by atoms with Crippen molar-refractivity contribution in [2.24, 2.45) is 0 Å². The molecule has 2 unspecified atom stereocenters. The van der Waals surface area contributed by atoms with Gasteiger partial charge in [-0.05, 0) is 84.3 Å². The average molecular weight is 479 g/mol. The van der Waals surface area contributed by atoms with Crippen molar-refractivity contribution in [1.29, 1.82) is 0 Å². The molecule has 0 aliphatic carbocycles. The third-order valence-electron chi connectivity index (χ3n) is 6.37. The van der Waals surface area contributed by atoms with Gasteiger partial charge in [-0.2, -0.15) is 0 Å². The van der Waals surface area contributed by atoms with Crippen LogP contribution in [0.15, 0.2) is 109 Å². The third-order valence-corrected chi connectivity index (χ3v) is 6.37. The van der Waals surface area contributed by atoms with Crippen LogP contribution < -0.4 is 9.47 Å². The molecule has 0 N–H and O–H groups in total. The van der Waals surface area contributed by atoms with Crippen molar-refractivity contribution >= 4 is 11.9 Å². The summed E-state index contributed by atoms with van der Waals surface area (Å²) in [7, 11) is 0. The Morgan fingerprint density at radius 2 is 1.03 bits per heavy atom. The molecule has 0 aliphatic rings. The summed E-state index contributed by atoms with van der Waals surface area (Å²) < 4.78 is 11.0. The molecule has 0 spiro atoms. The highest BCUT2D eigenvalue weighted by molar-refractivity contribution is 5.91. The van der Waals surface area contributed by atoms with E-state index in [1.807, 2.05) is 84.9 Å². The zero-order valence-electron chi connectivity index (χ0n) is 20.6. The zero-order valence-corrected chi connectivity index (χ0v) is 20.6. The average Bonchev–Trinajstić information content (AvgIpc) is 2.93. The first-order chi connectivity index (χ1) is 17.5. The Hall–Kier alpha value is -4.18. The maximum atomic E-state index is 12.3. The van der Waals surface area contributed by atoms with Crippen molar-refractivity contribution in [1.82, 2.24) is 0 Å². The van der Waals surface area contributed by atoms with Gasteiger partial charge in [-0.25, -0.2) is 9.59 Å². The van der Waals surface area contributed by atoms with Crippen LogP contribution in [0.3, 0.4) is 0 Å². The highest BCUT2D eigenvalue weighted by Gasteiger charge is 2.17. The van der Waals surface area contributed by atoms with Gasteiger partial charge in [-0.15, -0.1) is 0 Å². The van der Waals surface area contributed by atoms with Gasteiger partial charge in [-0.3, -0.25) is 0 Å². The van der Waals surface area contributed by atoms with Crippen LogP contribution in [-0.2, 0) is 0 Å². The van der Waals surface area contributed by atoms with Crippen molar-refractivity contribution in [3.8, 4) is 11.5 Å². The molecule has 0 bridgehead atoms. The molecular weight excluding hydrogens is 448 g/mol. The zero-order chi connectivity index (χ0) is 25.3. The summed E-state index contributed by atoms with van der Waals surface area (Å²) in [6, 6.07) is 33.5. The van der Waals surface area contributed by atoms with Gasteiger partial charge in [0.05, 0.1) is 11.1 Å². The fraction of sp³-hybridized carbons (Fsp3) is 0.188. The number of carbonyl (C=O) groups is 2. The number of rotatable bonds is 9. The van der Waals surface area contributed by atoms with Crippen molar-refractivity contribution in [2.75, 3.05) is 0 Å². The van der Waals surface area contributed by atoms with Crippen LogP contribution in [0.2, 0.25) is 0 Å². The van der Waals surface area contributed by atoms with E-state index in [2.05, 4.69) is 13.8 Å². The molecule has 0 amide bonds. The molecule has 4 rings (SSSR count). The minimum Gasteiger partial charge on any atom is -0.423 e. The number of hydrogen-bond donors (Lipinski definition) is 0. The SMILES string of the molecule is CCC(CC(C)c1ccc(OC(=O)c2ccccc2)cc1)c1ccc(OC(=O)c2ccccc2)cc1. The minimum atomic E-state index is -0.361. The molecule has 2 atom stereocenters. The lowest BCUT2D eigenvalue weighted by Crippen LogP contribution is -2.09. The Balaban J connectivity index is 1.35. The van der Waals surface area contributed by atoms with Gasteiger partial charge < -0.3 is 9.47 Å². The summed E-state index contributed by atoms with van der Waals surface area (Å²) >= 11 is 0. The third kappa shape index (κ3) is 6.48. The fourth-order valence-electron chi connectivity index (χ4n) is 4.25. The minimum absolute atomic E-state index is 0.324. The number of benzene rings is 4. The van der Waals surface area contributed by atoms with Gasteiger partial charge in [0.1, 0.15) is 11.5 Å². The van der Waals surface area contributed by atoms with E-state index >= 15 is 0 Å². The molecule has 4 nitrogen and oxygen atoms in total. The molecule has 0 heterocycles. The molecule has 4 aromatic carbocycles. The Bertz CT molecular complexity index is 1260. The lowest BCUT2D eigenvalue weighted by Gasteiger charge is -2.21. The molecule has 182 valence electrons. The smallest absolute Gasteiger partial charge is 0.343 e. The quantitative estimate of drug-likeness (QED) is 0.182. The van der Waals surface area contributed by atoms with Gasteiger partial charge in [0.25, 0.3) is 0 Å². The number of esters is 2. The Kier molecular flexibility index (Phi) is 8.30. The molecule has 4 aromatic rings. The second kappa shape index (κ2) is 12.0. The Labute approximate surface area is 212 Å². The maximum Gasteiger partial charge on any atom is 0.343 e. The summed E-state index contributed by atoms with van der Waals surface area (Å²) in [5.74, 6) is 1.05. The number of ether oxygens (including phenoxy) is 2. The van der Waals surface area contributed by atoms with Crippen LogP contribution in [0.25, 0.3) is 0 Å². The number of carbonyl (C=O) groups excluding carboxylic acids is 2.